The lowest BCUT2D eigenvalue weighted by Crippen LogP contribution is -2.39. The van der Waals surface area contributed by atoms with E-state index in [1.807, 2.05) is 48.7 Å². The summed E-state index contributed by atoms with van der Waals surface area (Å²) in [6.45, 7) is 5.80. The van der Waals surface area contributed by atoms with E-state index in [1.165, 1.54) is 11.3 Å². The molecule has 0 N–H and O–H groups in total. The van der Waals surface area contributed by atoms with Crippen LogP contribution in [0.5, 0.6) is 5.75 Å². The third-order valence-corrected chi connectivity index (χ3v) is 7.06. The fourth-order valence-corrected chi connectivity index (χ4v) is 5.51. The highest BCUT2D eigenvalue weighted by Gasteiger charge is 2.33. The Labute approximate surface area is 187 Å². The topological polar surface area (TPSA) is 69.9 Å². The highest BCUT2D eigenvalue weighted by molar-refractivity contribution is 7.11. The summed E-state index contributed by atoms with van der Waals surface area (Å²) in [5.74, 6) is 0.232. The molecule has 1 atom stereocenters. The third kappa shape index (κ3) is 3.88. The number of hydrogen-bond acceptors (Lipinski definition) is 7. The van der Waals surface area contributed by atoms with Crippen LogP contribution in [0.4, 0.5) is 0 Å². The van der Waals surface area contributed by atoms with Gasteiger partial charge in [-0.1, -0.05) is 23.5 Å². The summed E-state index contributed by atoms with van der Waals surface area (Å²) in [5.41, 5.74) is 2.66. The molecule has 0 aliphatic carbocycles. The predicted molar refractivity (Wildman–Crippen MR) is 122 cm³/mol. The summed E-state index contributed by atoms with van der Waals surface area (Å²) in [6, 6.07) is 8.77. The lowest BCUT2D eigenvalue weighted by molar-refractivity contribution is -0.139. The summed E-state index contributed by atoms with van der Waals surface area (Å²) in [5, 5.41) is 2.00. The molecular weight excluding hydrogens is 432 g/mol. The van der Waals surface area contributed by atoms with Crippen LogP contribution in [0, 0.1) is 6.92 Å². The molecule has 0 bridgehead atoms. The van der Waals surface area contributed by atoms with Crippen LogP contribution in [-0.2, 0) is 9.53 Å². The summed E-state index contributed by atoms with van der Waals surface area (Å²) in [6.07, 6.45) is 1.90. The van der Waals surface area contributed by atoms with Crippen molar-refractivity contribution in [2.75, 3.05) is 13.7 Å². The van der Waals surface area contributed by atoms with E-state index in [2.05, 4.69) is 4.99 Å². The highest BCUT2D eigenvalue weighted by atomic mass is 32.1. The number of nitrogens with zero attached hydrogens (tertiary/aromatic N) is 2. The Morgan fingerprint density at radius 1 is 1.23 bits per heavy atom. The smallest absolute Gasteiger partial charge is 0.338 e. The molecule has 2 aromatic heterocycles. The molecular formula is C23H22N2O4S2. The molecule has 0 radical (unpaired) electrons. The average molecular weight is 455 g/mol. The minimum Gasteiger partial charge on any atom is -0.497 e. The maximum Gasteiger partial charge on any atom is 0.338 e. The van der Waals surface area contributed by atoms with Crippen molar-refractivity contribution in [1.29, 1.82) is 0 Å². The van der Waals surface area contributed by atoms with Crippen molar-refractivity contribution in [2.45, 2.75) is 26.8 Å². The van der Waals surface area contributed by atoms with Crippen molar-refractivity contribution in [2.24, 2.45) is 4.99 Å². The summed E-state index contributed by atoms with van der Waals surface area (Å²) < 4.78 is 12.8. The number of benzene rings is 1. The number of hydrogen-bond donors (Lipinski definition) is 0. The third-order valence-electron chi connectivity index (χ3n) is 5.11. The van der Waals surface area contributed by atoms with Gasteiger partial charge < -0.3 is 9.47 Å². The van der Waals surface area contributed by atoms with E-state index in [9.17, 15) is 9.59 Å². The van der Waals surface area contributed by atoms with Gasteiger partial charge in [-0.3, -0.25) is 9.36 Å². The molecule has 1 aromatic carbocycles. The van der Waals surface area contributed by atoms with Crippen LogP contribution in [0.2, 0.25) is 0 Å². The molecule has 1 aliphatic rings. The Balaban J connectivity index is 1.96. The molecule has 3 heterocycles. The zero-order chi connectivity index (χ0) is 22.1. The van der Waals surface area contributed by atoms with E-state index in [-0.39, 0.29) is 12.2 Å². The Morgan fingerprint density at radius 3 is 2.58 bits per heavy atom. The normalized spacial score (nSPS) is 16.1. The Hall–Kier alpha value is -2.97. The second-order valence-corrected chi connectivity index (χ2v) is 9.00. The average Bonchev–Trinajstić information content (AvgIpc) is 3.30. The molecule has 0 spiro atoms. The van der Waals surface area contributed by atoms with E-state index in [0.29, 0.717) is 26.4 Å². The number of rotatable bonds is 5. The SMILES string of the molecule is CCOC(=O)C1=C(C)N=c2s/c(=C\c3sccc3C)c(=O)n2[C@@H]1c1ccc(OC)cc1. The van der Waals surface area contributed by atoms with Crippen LogP contribution < -0.4 is 19.6 Å². The van der Waals surface area contributed by atoms with Gasteiger partial charge in [0.15, 0.2) is 4.80 Å². The zero-order valence-electron chi connectivity index (χ0n) is 17.7. The maximum atomic E-state index is 13.5. The zero-order valence-corrected chi connectivity index (χ0v) is 19.3. The van der Waals surface area contributed by atoms with Gasteiger partial charge in [-0.2, -0.15) is 0 Å². The summed E-state index contributed by atoms with van der Waals surface area (Å²) in [4.78, 5) is 32.5. The van der Waals surface area contributed by atoms with Gasteiger partial charge >= 0.3 is 5.97 Å². The molecule has 0 fully saturated rings. The van der Waals surface area contributed by atoms with E-state index in [0.717, 1.165) is 16.0 Å². The number of allylic oxidation sites excluding steroid dienone is 1. The van der Waals surface area contributed by atoms with Crippen molar-refractivity contribution in [3.05, 3.63) is 82.7 Å². The number of aryl methyl sites for hydroxylation is 1. The minimum atomic E-state index is -0.618. The van der Waals surface area contributed by atoms with Gasteiger partial charge in [-0.15, -0.1) is 11.3 Å². The number of thiophene rings is 1. The van der Waals surface area contributed by atoms with Gasteiger partial charge in [0.05, 0.1) is 35.6 Å². The van der Waals surface area contributed by atoms with Gasteiger partial charge in [0.25, 0.3) is 5.56 Å². The van der Waals surface area contributed by atoms with Crippen molar-refractivity contribution in [3.63, 3.8) is 0 Å². The molecule has 0 unspecified atom stereocenters. The number of fused-ring (bicyclic) bond motifs is 1. The molecule has 0 saturated heterocycles. The van der Waals surface area contributed by atoms with E-state index < -0.39 is 12.0 Å². The van der Waals surface area contributed by atoms with E-state index >= 15 is 0 Å². The molecule has 3 aromatic rings. The quantitative estimate of drug-likeness (QED) is 0.556. The van der Waals surface area contributed by atoms with Gasteiger partial charge in [0.1, 0.15) is 5.75 Å². The highest BCUT2D eigenvalue weighted by Crippen LogP contribution is 2.31. The molecule has 6 nitrogen and oxygen atoms in total. The molecule has 160 valence electrons. The van der Waals surface area contributed by atoms with E-state index in [4.69, 9.17) is 9.47 Å². The largest absolute Gasteiger partial charge is 0.497 e. The predicted octanol–water partition coefficient (Wildman–Crippen LogP) is 3.18. The number of esters is 1. The molecule has 0 saturated carbocycles. The van der Waals surface area contributed by atoms with Crippen molar-refractivity contribution in [1.82, 2.24) is 4.57 Å². The maximum absolute atomic E-state index is 13.5. The standard InChI is InChI=1S/C23H22N2O4S2/c1-5-29-22(27)19-14(3)24-23-25(20(19)15-6-8-16(28-4)9-7-15)21(26)18(31-23)12-17-13(2)10-11-30-17/h6-12,20H,5H2,1-4H3/b18-12-/t20-/m1/s1. The molecule has 4 rings (SSSR count). The molecule has 1 aliphatic heterocycles. The van der Waals surface area contributed by atoms with Crippen molar-refractivity contribution >= 4 is 34.7 Å². The van der Waals surface area contributed by atoms with Crippen LogP contribution in [-0.4, -0.2) is 24.3 Å². The Kier molecular flexibility index (Phi) is 5.93. The Bertz CT molecular complexity index is 1340. The second-order valence-electron chi connectivity index (χ2n) is 7.04. The lowest BCUT2D eigenvalue weighted by Gasteiger charge is -2.24. The monoisotopic (exact) mass is 454 g/mol. The van der Waals surface area contributed by atoms with Gasteiger partial charge in [-0.25, -0.2) is 9.79 Å². The first-order valence-corrected chi connectivity index (χ1v) is 11.5. The van der Waals surface area contributed by atoms with Gasteiger partial charge in [0.2, 0.25) is 0 Å². The van der Waals surface area contributed by atoms with Gasteiger partial charge in [0, 0.05) is 4.88 Å². The number of ether oxygens (including phenoxy) is 2. The first kappa shape index (κ1) is 21.3. The van der Waals surface area contributed by atoms with Crippen molar-refractivity contribution in [3.8, 4) is 5.75 Å². The minimum absolute atomic E-state index is 0.174. The number of thiazole rings is 1. The molecule has 8 heteroatoms. The number of carbonyl (C=O) groups is 1. The number of methoxy groups -OCH3 is 1. The lowest BCUT2D eigenvalue weighted by atomic mass is 9.96. The summed E-state index contributed by atoms with van der Waals surface area (Å²) >= 11 is 2.92. The van der Waals surface area contributed by atoms with Crippen LogP contribution in [0.1, 0.15) is 35.9 Å². The van der Waals surface area contributed by atoms with Crippen LogP contribution in [0.25, 0.3) is 6.08 Å². The number of aromatic nitrogens is 1. The molecule has 0 amide bonds. The van der Waals surface area contributed by atoms with Gasteiger partial charge in [-0.05, 0) is 61.6 Å². The van der Waals surface area contributed by atoms with E-state index in [1.54, 1.807) is 36.9 Å². The molecule has 31 heavy (non-hydrogen) atoms. The fourth-order valence-electron chi connectivity index (χ4n) is 3.54. The van der Waals surface area contributed by atoms with Crippen LogP contribution >= 0.6 is 22.7 Å². The summed E-state index contributed by atoms with van der Waals surface area (Å²) in [7, 11) is 1.60. The van der Waals surface area contributed by atoms with Crippen LogP contribution in [0.3, 0.4) is 0 Å². The number of carbonyl (C=O) groups excluding carboxylic acids is 1. The van der Waals surface area contributed by atoms with Crippen LogP contribution in [0.15, 0.2) is 56.8 Å². The first-order chi connectivity index (χ1) is 14.9. The second kappa shape index (κ2) is 8.64. The van der Waals surface area contributed by atoms with Crippen molar-refractivity contribution < 1.29 is 14.3 Å². The Morgan fingerprint density at radius 2 is 1.97 bits per heavy atom. The fraction of sp³-hybridized carbons (Fsp3) is 0.261. The first-order valence-electron chi connectivity index (χ1n) is 9.82.